The first-order chi connectivity index (χ1) is 9.90. The van der Waals surface area contributed by atoms with E-state index in [2.05, 4.69) is 5.32 Å². The summed E-state index contributed by atoms with van der Waals surface area (Å²) >= 11 is 6.16. The highest BCUT2D eigenvalue weighted by Gasteiger charge is 2.07. The van der Waals surface area contributed by atoms with Crippen LogP contribution >= 0.6 is 11.6 Å². The number of rotatable bonds is 5. The van der Waals surface area contributed by atoms with Crippen molar-refractivity contribution in [3.8, 4) is 11.5 Å². The molecule has 0 amide bonds. The van der Waals surface area contributed by atoms with E-state index >= 15 is 0 Å². The molecule has 0 atom stereocenters. The number of sulfone groups is 1. The maximum atomic E-state index is 11.4. The standard InChI is InChI=1S/C15H16ClNO3S/c1-17-10-11-3-4-13(9-15(11)16)20-12-5-7-14(8-6-12)21(2,18)19/h3-9,17H,10H2,1-2H3. The topological polar surface area (TPSA) is 55.4 Å². The van der Waals surface area contributed by atoms with E-state index in [0.29, 0.717) is 23.1 Å². The molecular weight excluding hydrogens is 310 g/mol. The summed E-state index contributed by atoms with van der Waals surface area (Å²) in [6, 6.07) is 11.7. The summed E-state index contributed by atoms with van der Waals surface area (Å²) in [6.07, 6.45) is 1.17. The zero-order valence-electron chi connectivity index (χ0n) is 11.8. The fourth-order valence-electron chi connectivity index (χ4n) is 1.82. The highest BCUT2D eigenvalue weighted by Crippen LogP contribution is 2.27. The van der Waals surface area contributed by atoms with Gasteiger partial charge in [0.05, 0.1) is 4.90 Å². The van der Waals surface area contributed by atoms with E-state index < -0.39 is 9.84 Å². The van der Waals surface area contributed by atoms with Crippen molar-refractivity contribution < 1.29 is 13.2 Å². The molecule has 0 radical (unpaired) electrons. The predicted octanol–water partition coefficient (Wildman–Crippen LogP) is 3.26. The summed E-state index contributed by atoms with van der Waals surface area (Å²) in [5, 5.41) is 3.65. The van der Waals surface area contributed by atoms with Crippen molar-refractivity contribution in [1.29, 1.82) is 0 Å². The summed E-state index contributed by atoms with van der Waals surface area (Å²) in [5.41, 5.74) is 0.985. The summed E-state index contributed by atoms with van der Waals surface area (Å²) in [7, 11) is -1.34. The molecule has 0 aliphatic carbocycles. The van der Waals surface area contributed by atoms with E-state index in [1.54, 1.807) is 18.2 Å². The average molecular weight is 326 g/mol. The van der Waals surface area contributed by atoms with E-state index in [0.717, 1.165) is 5.56 Å². The van der Waals surface area contributed by atoms with Crippen molar-refractivity contribution in [2.24, 2.45) is 0 Å². The quantitative estimate of drug-likeness (QED) is 0.916. The minimum absolute atomic E-state index is 0.261. The van der Waals surface area contributed by atoms with Crippen molar-refractivity contribution in [1.82, 2.24) is 5.32 Å². The third kappa shape index (κ3) is 4.20. The van der Waals surface area contributed by atoms with Crippen LogP contribution < -0.4 is 10.1 Å². The monoisotopic (exact) mass is 325 g/mol. The molecule has 6 heteroatoms. The minimum atomic E-state index is -3.19. The van der Waals surface area contributed by atoms with E-state index in [4.69, 9.17) is 16.3 Å². The third-order valence-corrected chi connectivity index (χ3v) is 4.36. The SMILES string of the molecule is CNCc1ccc(Oc2ccc(S(C)(=O)=O)cc2)cc1Cl. The maximum absolute atomic E-state index is 11.4. The molecular formula is C15H16ClNO3S. The molecule has 0 unspecified atom stereocenters. The van der Waals surface area contributed by atoms with Crippen LogP contribution in [0.25, 0.3) is 0 Å². The van der Waals surface area contributed by atoms with Crippen LogP contribution in [0.1, 0.15) is 5.56 Å². The van der Waals surface area contributed by atoms with E-state index in [1.165, 1.54) is 18.4 Å². The molecule has 4 nitrogen and oxygen atoms in total. The smallest absolute Gasteiger partial charge is 0.175 e. The first-order valence-corrected chi connectivity index (χ1v) is 8.58. The molecule has 0 saturated carbocycles. The van der Waals surface area contributed by atoms with E-state index in [-0.39, 0.29) is 4.90 Å². The second kappa shape index (κ2) is 6.47. The molecule has 0 aliphatic rings. The normalized spacial score (nSPS) is 11.4. The number of benzene rings is 2. The van der Waals surface area contributed by atoms with Crippen LogP contribution in [0.4, 0.5) is 0 Å². The molecule has 2 aromatic carbocycles. The molecule has 2 rings (SSSR count). The van der Waals surface area contributed by atoms with E-state index in [9.17, 15) is 8.42 Å². The molecule has 0 spiro atoms. The Bertz CT molecular complexity index is 727. The Balaban J connectivity index is 2.17. The lowest BCUT2D eigenvalue weighted by atomic mass is 10.2. The van der Waals surface area contributed by atoms with Gasteiger partial charge in [-0.15, -0.1) is 0 Å². The lowest BCUT2D eigenvalue weighted by molar-refractivity contribution is 0.482. The van der Waals surface area contributed by atoms with Crippen molar-refractivity contribution in [3.63, 3.8) is 0 Å². The van der Waals surface area contributed by atoms with Gasteiger partial charge in [0.1, 0.15) is 11.5 Å². The highest BCUT2D eigenvalue weighted by molar-refractivity contribution is 7.90. The van der Waals surface area contributed by atoms with Crippen LogP contribution in [0.15, 0.2) is 47.4 Å². The third-order valence-electron chi connectivity index (χ3n) is 2.88. The lowest BCUT2D eigenvalue weighted by Gasteiger charge is -2.09. The molecule has 0 fully saturated rings. The van der Waals surface area contributed by atoms with Gasteiger partial charge in [-0.1, -0.05) is 17.7 Å². The van der Waals surface area contributed by atoms with Crippen LogP contribution in [-0.4, -0.2) is 21.7 Å². The number of hydrogen-bond acceptors (Lipinski definition) is 4. The maximum Gasteiger partial charge on any atom is 0.175 e. The van der Waals surface area contributed by atoms with Gasteiger partial charge < -0.3 is 10.1 Å². The summed E-state index contributed by atoms with van der Waals surface area (Å²) in [4.78, 5) is 0.261. The molecule has 0 heterocycles. The fraction of sp³-hybridized carbons (Fsp3) is 0.200. The molecule has 21 heavy (non-hydrogen) atoms. The van der Waals surface area contributed by atoms with E-state index in [1.807, 2.05) is 19.2 Å². The van der Waals surface area contributed by atoms with Crippen molar-refractivity contribution >= 4 is 21.4 Å². The van der Waals surface area contributed by atoms with Gasteiger partial charge in [-0.2, -0.15) is 0 Å². The Morgan fingerprint density at radius 2 is 1.71 bits per heavy atom. The van der Waals surface area contributed by atoms with Gasteiger partial charge in [0.15, 0.2) is 9.84 Å². The number of ether oxygens (including phenoxy) is 1. The first kappa shape index (κ1) is 15.8. The number of halogens is 1. The Morgan fingerprint density at radius 3 is 2.24 bits per heavy atom. The zero-order valence-corrected chi connectivity index (χ0v) is 13.3. The fourth-order valence-corrected chi connectivity index (χ4v) is 2.68. The van der Waals surface area contributed by atoms with Gasteiger partial charge in [-0.05, 0) is 49.0 Å². The van der Waals surface area contributed by atoms with Crippen molar-refractivity contribution in [3.05, 3.63) is 53.1 Å². The minimum Gasteiger partial charge on any atom is -0.457 e. The van der Waals surface area contributed by atoms with Gasteiger partial charge in [0, 0.05) is 17.8 Å². The van der Waals surface area contributed by atoms with Gasteiger partial charge >= 0.3 is 0 Å². The number of hydrogen-bond donors (Lipinski definition) is 1. The Morgan fingerprint density at radius 1 is 1.10 bits per heavy atom. The molecule has 112 valence electrons. The highest BCUT2D eigenvalue weighted by atomic mass is 35.5. The average Bonchev–Trinajstić information content (AvgIpc) is 2.42. The zero-order chi connectivity index (χ0) is 15.5. The lowest BCUT2D eigenvalue weighted by Crippen LogP contribution is -2.05. The summed E-state index contributed by atoms with van der Waals surface area (Å²) < 4.78 is 28.4. The molecule has 0 aromatic heterocycles. The molecule has 1 N–H and O–H groups in total. The van der Waals surface area contributed by atoms with Gasteiger partial charge in [0.25, 0.3) is 0 Å². The van der Waals surface area contributed by atoms with Gasteiger partial charge in [-0.25, -0.2) is 8.42 Å². The Labute approximate surface area is 129 Å². The Kier molecular flexibility index (Phi) is 4.88. The van der Waals surface area contributed by atoms with Crippen molar-refractivity contribution in [2.45, 2.75) is 11.4 Å². The summed E-state index contributed by atoms with van der Waals surface area (Å²) in [5.74, 6) is 1.16. The molecule has 0 aliphatic heterocycles. The molecule has 2 aromatic rings. The number of nitrogens with one attached hydrogen (secondary N) is 1. The van der Waals surface area contributed by atoms with Gasteiger partial charge in [-0.3, -0.25) is 0 Å². The molecule has 0 bridgehead atoms. The van der Waals surface area contributed by atoms with Crippen molar-refractivity contribution in [2.75, 3.05) is 13.3 Å². The first-order valence-electron chi connectivity index (χ1n) is 6.31. The van der Waals surface area contributed by atoms with Crippen LogP contribution in [-0.2, 0) is 16.4 Å². The summed E-state index contributed by atoms with van der Waals surface area (Å²) in [6.45, 7) is 0.683. The largest absolute Gasteiger partial charge is 0.457 e. The predicted molar refractivity (Wildman–Crippen MR) is 83.8 cm³/mol. The van der Waals surface area contributed by atoms with Crippen LogP contribution in [0.2, 0.25) is 5.02 Å². The van der Waals surface area contributed by atoms with Crippen LogP contribution in [0.5, 0.6) is 11.5 Å². The van der Waals surface area contributed by atoms with Crippen LogP contribution in [0, 0.1) is 0 Å². The van der Waals surface area contributed by atoms with Gasteiger partial charge in [0.2, 0.25) is 0 Å². The second-order valence-corrected chi connectivity index (χ2v) is 7.05. The van der Waals surface area contributed by atoms with Crippen LogP contribution in [0.3, 0.4) is 0 Å². The second-order valence-electron chi connectivity index (χ2n) is 4.63. The molecule has 0 saturated heterocycles. The Hall–Kier alpha value is -1.56.